The van der Waals surface area contributed by atoms with Crippen LogP contribution in [0.5, 0.6) is 0 Å². The van der Waals surface area contributed by atoms with Crippen molar-refractivity contribution in [3.05, 3.63) is 29.3 Å². The third kappa shape index (κ3) is 4.35. The van der Waals surface area contributed by atoms with E-state index in [9.17, 15) is 34.8 Å². The van der Waals surface area contributed by atoms with Crippen LogP contribution in [-0.4, -0.2) is 20.6 Å². The molecule has 0 unspecified atom stereocenters. The van der Waals surface area contributed by atoms with Gasteiger partial charge in [-0.1, -0.05) is 13.0 Å². The van der Waals surface area contributed by atoms with Gasteiger partial charge in [0.15, 0.2) is 0 Å². The van der Waals surface area contributed by atoms with Crippen molar-refractivity contribution in [1.29, 1.82) is 0 Å². The molecule has 126 valence electrons. The van der Waals surface area contributed by atoms with Crippen LogP contribution < -0.4 is 4.72 Å². The molecule has 0 saturated heterocycles. The summed E-state index contributed by atoms with van der Waals surface area (Å²) in [5.74, 6) is 0. The van der Waals surface area contributed by atoms with Crippen molar-refractivity contribution in [1.82, 2.24) is 4.72 Å². The van der Waals surface area contributed by atoms with Crippen molar-refractivity contribution in [3.63, 3.8) is 0 Å². The van der Waals surface area contributed by atoms with Gasteiger partial charge in [-0.2, -0.15) is 31.1 Å². The summed E-state index contributed by atoms with van der Waals surface area (Å²) in [5.41, 5.74) is -1.33. The van der Waals surface area contributed by atoms with Crippen molar-refractivity contribution >= 4 is 10.0 Å². The molecule has 0 bridgehead atoms. The quantitative estimate of drug-likeness (QED) is 0.846. The Labute approximate surface area is 123 Å². The van der Waals surface area contributed by atoms with Crippen molar-refractivity contribution in [2.45, 2.75) is 43.6 Å². The maximum atomic E-state index is 12.9. The average Bonchev–Trinajstić information content (AvgIpc) is 2.35. The molecule has 1 aromatic carbocycles. The van der Waals surface area contributed by atoms with Crippen LogP contribution in [0.3, 0.4) is 0 Å². The Morgan fingerprint density at radius 2 is 1.68 bits per heavy atom. The molecule has 0 aliphatic heterocycles. The highest BCUT2D eigenvalue weighted by Crippen LogP contribution is 2.34. The first-order valence-corrected chi connectivity index (χ1v) is 7.56. The number of alkyl halides is 6. The lowest BCUT2D eigenvalue weighted by Crippen LogP contribution is -2.43. The molecule has 0 aliphatic rings. The normalized spacial score (nSPS) is 14.9. The largest absolute Gasteiger partial charge is 0.416 e. The number of sulfonamides is 1. The van der Waals surface area contributed by atoms with Gasteiger partial charge >= 0.3 is 12.4 Å². The summed E-state index contributed by atoms with van der Waals surface area (Å²) in [6, 6.07) is -0.294. The molecule has 0 amide bonds. The molecule has 0 aromatic heterocycles. The SMILES string of the molecule is CCc1ccc(S(=O)(=O)N[C@@H](C)C(F)(F)F)cc1C(F)(F)F. The molecule has 1 aromatic rings. The van der Waals surface area contributed by atoms with Crippen LogP contribution in [0.1, 0.15) is 25.0 Å². The van der Waals surface area contributed by atoms with E-state index in [4.69, 9.17) is 0 Å². The molecule has 0 saturated carbocycles. The number of rotatable bonds is 4. The molecule has 10 heteroatoms. The molecule has 0 aliphatic carbocycles. The first-order chi connectivity index (χ1) is 9.79. The Morgan fingerprint density at radius 3 is 2.09 bits per heavy atom. The predicted molar refractivity (Wildman–Crippen MR) is 66.7 cm³/mol. The van der Waals surface area contributed by atoms with E-state index in [0.29, 0.717) is 13.0 Å². The van der Waals surface area contributed by atoms with Crippen molar-refractivity contribution in [3.8, 4) is 0 Å². The van der Waals surface area contributed by atoms with E-state index in [1.165, 1.54) is 11.6 Å². The van der Waals surface area contributed by atoms with E-state index < -0.39 is 38.9 Å². The molecule has 0 radical (unpaired) electrons. The lowest BCUT2D eigenvalue weighted by molar-refractivity contribution is -0.147. The second-order valence-corrected chi connectivity index (χ2v) is 6.27. The summed E-state index contributed by atoms with van der Waals surface area (Å²) in [5, 5.41) is 0. The van der Waals surface area contributed by atoms with Crippen LogP contribution in [0, 0.1) is 0 Å². The minimum atomic E-state index is -4.84. The van der Waals surface area contributed by atoms with Crippen molar-refractivity contribution in [2.24, 2.45) is 0 Å². The smallest absolute Gasteiger partial charge is 0.207 e. The molecule has 3 nitrogen and oxygen atoms in total. The summed E-state index contributed by atoms with van der Waals surface area (Å²) in [6.45, 7) is 2.01. The molecule has 1 N–H and O–H groups in total. The highest BCUT2D eigenvalue weighted by molar-refractivity contribution is 7.89. The molecule has 1 atom stereocenters. The van der Waals surface area contributed by atoms with Gasteiger partial charge in [-0.25, -0.2) is 8.42 Å². The first-order valence-electron chi connectivity index (χ1n) is 6.08. The second kappa shape index (κ2) is 6.07. The monoisotopic (exact) mass is 349 g/mol. The highest BCUT2D eigenvalue weighted by atomic mass is 32.2. The first kappa shape index (κ1) is 18.8. The maximum absolute atomic E-state index is 12.9. The minimum absolute atomic E-state index is 0.00154. The Hall–Kier alpha value is -1.29. The minimum Gasteiger partial charge on any atom is -0.207 e. The van der Waals surface area contributed by atoms with Gasteiger partial charge in [0.2, 0.25) is 10.0 Å². The standard InChI is InChI=1S/C12H13F6NO2S/c1-3-8-4-5-9(6-10(8)12(16,17)18)22(20,21)19-7(2)11(13,14)15/h4-7,19H,3H2,1-2H3/t7-/m0/s1. The van der Waals surface area contributed by atoms with Crippen LogP contribution in [-0.2, 0) is 22.6 Å². The Morgan fingerprint density at radius 1 is 1.14 bits per heavy atom. The maximum Gasteiger partial charge on any atom is 0.416 e. The second-order valence-electron chi connectivity index (χ2n) is 4.55. The van der Waals surface area contributed by atoms with Crippen LogP contribution in [0.15, 0.2) is 23.1 Å². The van der Waals surface area contributed by atoms with Crippen LogP contribution >= 0.6 is 0 Å². The predicted octanol–water partition coefficient (Wildman–Crippen LogP) is 3.50. The summed E-state index contributed by atoms with van der Waals surface area (Å²) >= 11 is 0. The number of nitrogens with one attached hydrogen (secondary N) is 1. The molecule has 1 rings (SSSR count). The molecule has 0 spiro atoms. The van der Waals surface area contributed by atoms with Gasteiger partial charge in [0, 0.05) is 0 Å². The Bertz CT molecular complexity index is 636. The molecular formula is C12H13F6NO2S. The van der Waals surface area contributed by atoms with E-state index in [2.05, 4.69) is 0 Å². The van der Waals surface area contributed by atoms with E-state index in [0.717, 1.165) is 12.1 Å². The third-order valence-corrected chi connectivity index (χ3v) is 4.44. The topological polar surface area (TPSA) is 46.2 Å². The average molecular weight is 349 g/mol. The number of hydrogen-bond acceptors (Lipinski definition) is 2. The summed E-state index contributed by atoms with van der Waals surface area (Å²) in [7, 11) is -4.72. The zero-order valence-electron chi connectivity index (χ0n) is 11.5. The molecular weight excluding hydrogens is 336 g/mol. The zero-order valence-corrected chi connectivity index (χ0v) is 12.3. The number of aryl methyl sites for hydroxylation is 1. The zero-order chi connectivity index (χ0) is 17.3. The molecule has 0 heterocycles. The van der Waals surface area contributed by atoms with Crippen LogP contribution in [0.4, 0.5) is 26.3 Å². The Balaban J connectivity index is 3.27. The van der Waals surface area contributed by atoms with Gasteiger partial charge in [-0.15, -0.1) is 0 Å². The van der Waals surface area contributed by atoms with Gasteiger partial charge in [0.05, 0.1) is 10.5 Å². The van der Waals surface area contributed by atoms with Crippen LogP contribution in [0.25, 0.3) is 0 Å². The van der Waals surface area contributed by atoms with Gasteiger partial charge in [-0.05, 0) is 31.0 Å². The molecule has 22 heavy (non-hydrogen) atoms. The number of hydrogen-bond donors (Lipinski definition) is 1. The van der Waals surface area contributed by atoms with Crippen molar-refractivity contribution in [2.75, 3.05) is 0 Å². The Kier molecular flexibility index (Phi) is 5.18. The fourth-order valence-corrected chi connectivity index (χ4v) is 2.92. The van der Waals surface area contributed by atoms with E-state index in [1.807, 2.05) is 0 Å². The van der Waals surface area contributed by atoms with E-state index >= 15 is 0 Å². The lowest BCUT2D eigenvalue weighted by Gasteiger charge is -2.18. The third-order valence-electron chi connectivity index (χ3n) is 2.90. The van der Waals surface area contributed by atoms with E-state index in [1.54, 1.807) is 0 Å². The van der Waals surface area contributed by atoms with Gasteiger partial charge in [0.25, 0.3) is 0 Å². The number of benzene rings is 1. The fourth-order valence-electron chi connectivity index (χ4n) is 1.66. The fraction of sp³-hybridized carbons (Fsp3) is 0.500. The van der Waals surface area contributed by atoms with Crippen LogP contribution in [0.2, 0.25) is 0 Å². The summed E-state index contributed by atoms with van der Waals surface area (Å²) in [4.78, 5) is -0.867. The van der Waals surface area contributed by atoms with Gasteiger partial charge in [-0.3, -0.25) is 0 Å². The highest BCUT2D eigenvalue weighted by Gasteiger charge is 2.39. The summed E-state index contributed by atoms with van der Waals surface area (Å²) < 4.78 is 101. The van der Waals surface area contributed by atoms with Gasteiger partial charge in [0.1, 0.15) is 6.04 Å². The number of halogens is 6. The van der Waals surface area contributed by atoms with Gasteiger partial charge < -0.3 is 0 Å². The molecule has 0 fully saturated rings. The van der Waals surface area contributed by atoms with E-state index in [-0.39, 0.29) is 12.0 Å². The lowest BCUT2D eigenvalue weighted by atomic mass is 10.1. The van der Waals surface area contributed by atoms with Crippen molar-refractivity contribution < 1.29 is 34.8 Å². The summed E-state index contributed by atoms with van der Waals surface area (Å²) in [6.07, 6.45) is -9.64.